The average molecular weight is 858 g/mol. The molecule has 5 aromatic rings. The van der Waals surface area contributed by atoms with E-state index in [1.165, 1.54) is 7.05 Å². The highest BCUT2D eigenvalue weighted by Gasteiger charge is 2.32. The van der Waals surface area contributed by atoms with Gasteiger partial charge in [-0.3, -0.25) is 48.8 Å². The van der Waals surface area contributed by atoms with E-state index in [1.54, 1.807) is 48.3 Å². The summed E-state index contributed by atoms with van der Waals surface area (Å²) in [6.07, 6.45) is 3.10. The number of hydrogen-bond acceptors (Lipinski definition) is 10. The van der Waals surface area contributed by atoms with Crippen LogP contribution in [0.5, 0.6) is 0 Å². The smallest absolute Gasteiger partial charge is 0.317 e. The summed E-state index contributed by atoms with van der Waals surface area (Å²) in [5.74, 6) is 4.86. The lowest BCUT2D eigenvalue weighted by Gasteiger charge is -2.31. The minimum Gasteiger partial charge on any atom is -0.480 e. The van der Waals surface area contributed by atoms with Crippen molar-refractivity contribution in [2.45, 2.75) is 25.7 Å². The van der Waals surface area contributed by atoms with Crippen LogP contribution in [0, 0.1) is 29.6 Å². The highest BCUT2D eigenvalue weighted by molar-refractivity contribution is 6.07. The monoisotopic (exact) mass is 857 g/mol. The van der Waals surface area contributed by atoms with E-state index in [2.05, 4.69) is 58.4 Å². The van der Waals surface area contributed by atoms with E-state index in [9.17, 15) is 28.8 Å². The zero-order valence-electron chi connectivity index (χ0n) is 35.2. The molecule has 3 fully saturated rings. The van der Waals surface area contributed by atoms with Crippen molar-refractivity contribution in [3.05, 3.63) is 83.7 Å². The number of anilines is 2. The lowest BCUT2D eigenvalue weighted by Crippen LogP contribution is -2.43. The molecule has 2 atom stereocenters. The van der Waals surface area contributed by atoms with E-state index < -0.39 is 5.97 Å². The number of aromatic nitrogens is 4. The Morgan fingerprint density at radius 1 is 0.683 bits per heavy atom. The predicted molar refractivity (Wildman–Crippen MR) is 236 cm³/mol. The minimum atomic E-state index is -0.895. The molecule has 5 amide bonds. The Morgan fingerprint density at radius 3 is 1.68 bits per heavy atom. The van der Waals surface area contributed by atoms with Gasteiger partial charge in [0.25, 0.3) is 11.8 Å². The van der Waals surface area contributed by atoms with E-state index >= 15 is 0 Å². The molecule has 0 radical (unpaired) electrons. The molecule has 0 aliphatic carbocycles. The molecule has 3 saturated heterocycles. The highest BCUT2D eigenvalue weighted by atomic mass is 16.4. The van der Waals surface area contributed by atoms with Gasteiger partial charge in [-0.2, -0.15) is 10.2 Å². The molecular formula is C45H51N11O7. The average Bonchev–Trinajstić information content (AvgIpc) is 4.13. The number of H-pyrrole nitrogens is 2. The fourth-order valence-electron chi connectivity index (χ4n) is 8.10. The number of rotatable bonds is 10. The highest BCUT2D eigenvalue weighted by Crippen LogP contribution is 2.25. The number of hydrogen-bond donors (Lipinski definition) is 7. The van der Waals surface area contributed by atoms with Crippen LogP contribution in [0.3, 0.4) is 0 Å². The first-order chi connectivity index (χ1) is 30.5. The number of aromatic amines is 2. The van der Waals surface area contributed by atoms with Crippen molar-refractivity contribution in [3.63, 3.8) is 0 Å². The van der Waals surface area contributed by atoms with Crippen LogP contribution in [0.4, 0.5) is 11.4 Å². The van der Waals surface area contributed by atoms with E-state index in [4.69, 9.17) is 5.11 Å². The summed E-state index contributed by atoms with van der Waals surface area (Å²) in [6.45, 7) is 4.00. The maximum Gasteiger partial charge on any atom is 0.317 e. The molecule has 7 N–H and O–H groups in total. The summed E-state index contributed by atoms with van der Waals surface area (Å²) < 4.78 is 0. The number of amides is 5. The molecule has 3 aromatic carbocycles. The zero-order chi connectivity index (χ0) is 44.5. The third-order valence-electron chi connectivity index (χ3n) is 11.6. The van der Waals surface area contributed by atoms with Crippen molar-refractivity contribution in [3.8, 4) is 11.8 Å². The fraction of sp³-hybridized carbons (Fsp3) is 0.378. The van der Waals surface area contributed by atoms with Gasteiger partial charge in [-0.15, -0.1) is 0 Å². The number of nitrogens with one attached hydrogen (secondary N) is 6. The molecule has 328 valence electrons. The Labute approximate surface area is 363 Å². The summed E-state index contributed by atoms with van der Waals surface area (Å²) in [5, 5.41) is 34.7. The molecule has 8 rings (SSSR count). The number of piperidine rings is 1. The van der Waals surface area contributed by atoms with Gasteiger partial charge in [0.05, 0.1) is 36.0 Å². The van der Waals surface area contributed by atoms with Crippen LogP contribution in [0.15, 0.2) is 66.7 Å². The van der Waals surface area contributed by atoms with Crippen molar-refractivity contribution in [1.82, 2.24) is 45.7 Å². The Kier molecular flexibility index (Phi) is 14.1. The first-order valence-corrected chi connectivity index (χ1v) is 21.0. The van der Waals surface area contributed by atoms with Crippen molar-refractivity contribution < 1.29 is 33.9 Å². The Hall–Kier alpha value is -7.10. The van der Waals surface area contributed by atoms with Crippen molar-refractivity contribution in [2.24, 2.45) is 17.8 Å². The molecule has 0 saturated carbocycles. The Bertz CT molecular complexity index is 2550. The van der Waals surface area contributed by atoms with Gasteiger partial charge in [-0.1, -0.05) is 30.0 Å². The quantitative estimate of drug-likeness (QED) is 0.101. The van der Waals surface area contributed by atoms with Crippen molar-refractivity contribution in [2.75, 3.05) is 77.1 Å². The van der Waals surface area contributed by atoms with Crippen LogP contribution < -0.4 is 21.3 Å². The third-order valence-corrected chi connectivity index (χ3v) is 11.6. The molecule has 2 aromatic heterocycles. The lowest BCUT2D eigenvalue weighted by molar-refractivity contribution is -0.138. The molecule has 3 aliphatic heterocycles. The maximum atomic E-state index is 12.9. The predicted octanol–water partition coefficient (Wildman–Crippen LogP) is 2.74. The largest absolute Gasteiger partial charge is 0.480 e. The van der Waals surface area contributed by atoms with Gasteiger partial charge in [0, 0.05) is 73.9 Å². The number of likely N-dealkylation sites (tertiary alicyclic amines) is 3. The Balaban J connectivity index is 0.000000206. The van der Waals surface area contributed by atoms with Gasteiger partial charge in [-0.05, 0) is 87.3 Å². The molecule has 5 heterocycles. The fourth-order valence-corrected chi connectivity index (χ4v) is 8.10. The second kappa shape index (κ2) is 20.2. The zero-order valence-corrected chi connectivity index (χ0v) is 35.2. The van der Waals surface area contributed by atoms with Gasteiger partial charge < -0.3 is 31.3 Å². The molecule has 3 aliphatic rings. The molecule has 18 heteroatoms. The summed E-state index contributed by atoms with van der Waals surface area (Å²) in [4.78, 5) is 78.6. The van der Waals surface area contributed by atoms with Gasteiger partial charge in [-0.25, -0.2) is 0 Å². The summed E-state index contributed by atoms with van der Waals surface area (Å²) in [7, 11) is 3.08. The van der Waals surface area contributed by atoms with Gasteiger partial charge in [0.1, 0.15) is 0 Å². The number of carboxylic acid groups (broad SMARTS) is 1. The maximum absolute atomic E-state index is 12.9. The van der Waals surface area contributed by atoms with E-state index in [0.717, 1.165) is 37.0 Å². The van der Waals surface area contributed by atoms with Crippen LogP contribution in [0.1, 0.15) is 52.2 Å². The second-order valence-corrected chi connectivity index (χ2v) is 15.9. The molecule has 0 unspecified atom stereocenters. The summed E-state index contributed by atoms with van der Waals surface area (Å²) in [6, 6.07) is 20.5. The normalized spacial score (nSPS) is 17.9. The minimum absolute atomic E-state index is 0.0553. The summed E-state index contributed by atoms with van der Waals surface area (Å²) >= 11 is 0. The van der Waals surface area contributed by atoms with E-state index in [0.29, 0.717) is 79.1 Å². The summed E-state index contributed by atoms with van der Waals surface area (Å²) in [5.41, 5.74) is 4.18. The number of benzene rings is 3. The van der Waals surface area contributed by atoms with Crippen LogP contribution in [-0.4, -0.2) is 142 Å². The number of aliphatic carboxylic acids is 1. The van der Waals surface area contributed by atoms with Gasteiger partial charge in [0.15, 0.2) is 11.4 Å². The molecule has 0 bridgehead atoms. The Morgan fingerprint density at radius 2 is 1.19 bits per heavy atom. The van der Waals surface area contributed by atoms with Crippen molar-refractivity contribution >= 4 is 68.7 Å². The second-order valence-electron chi connectivity index (χ2n) is 15.9. The van der Waals surface area contributed by atoms with Crippen LogP contribution in [-0.2, 0) is 19.2 Å². The van der Waals surface area contributed by atoms with Crippen LogP contribution in [0.25, 0.3) is 21.8 Å². The number of carbonyl (C=O) groups excluding carboxylic acids is 5. The number of nitrogens with zero attached hydrogens (tertiary/aromatic N) is 5. The number of carbonyl (C=O) groups is 6. The topological polar surface area (TPSA) is 238 Å². The standard InChI is InChI=1S/C29H32N6O3.C16H19N5O4/c1-30-29(38)27-24-17-23(9-10-25(24)32-33-27)31-28(37)22-13-14-34(18-22)19-26(36)35-15-11-21(12-16-35)8-7-20-5-3-2-4-6-20;1-17-16(25)14-11-6-10(2-3-12(11)19-20-14)18-15(24)9-4-5-21(7-9)8-13(22)23/h2-6,9-10,17,21-22H,11-16,18-19H2,1H3,(H,30,38)(H,31,37)(H,32,33);2-3,6,9H,4-5,7-8H2,1H3,(H,17,25)(H,18,24)(H,19,20)(H,22,23)/t22-;9-/m11/s1. The molecular weight excluding hydrogens is 807 g/mol. The first kappa shape index (κ1) is 44.0. The first-order valence-electron chi connectivity index (χ1n) is 21.0. The third kappa shape index (κ3) is 11.1. The van der Waals surface area contributed by atoms with Gasteiger partial charge in [0.2, 0.25) is 17.7 Å². The molecule has 0 spiro atoms. The molecule has 18 nitrogen and oxygen atoms in total. The lowest BCUT2D eigenvalue weighted by atomic mass is 9.97. The SMILES string of the molecule is CNC(=O)c1n[nH]c2ccc(NC(=O)[C@@H]3CCN(CC(=O)N4CCC(C#Cc5ccccc5)CC4)C3)cc12.CNC(=O)c1n[nH]c2ccc(NC(=O)[C@@H]3CCN(CC(=O)O)C3)cc12. The van der Waals surface area contributed by atoms with Crippen molar-refractivity contribution in [1.29, 1.82) is 0 Å². The van der Waals surface area contributed by atoms with Crippen LogP contribution >= 0.6 is 0 Å². The number of fused-ring (bicyclic) bond motifs is 2. The molecule has 63 heavy (non-hydrogen) atoms. The number of carboxylic acids is 1. The van der Waals surface area contributed by atoms with E-state index in [-0.39, 0.29) is 59.3 Å². The van der Waals surface area contributed by atoms with Crippen LogP contribution in [0.2, 0.25) is 0 Å². The van der Waals surface area contributed by atoms with E-state index in [1.807, 2.05) is 35.2 Å². The van der Waals surface area contributed by atoms with Gasteiger partial charge >= 0.3 is 5.97 Å².